The largest absolute Gasteiger partial charge is 0.437 e. The van der Waals surface area contributed by atoms with E-state index in [1.165, 1.54) is 34.8 Å². The number of rotatable bonds is 3. The highest BCUT2D eigenvalue weighted by Gasteiger charge is 2.45. The third-order valence-corrected chi connectivity index (χ3v) is 7.02. The molecule has 0 spiro atoms. The van der Waals surface area contributed by atoms with E-state index >= 15 is 0 Å². The molecule has 5 heterocycles. The van der Waals surface area contributed by atoms with E-state index in [0.717, 1.165) is 15.9 Å². The lowest BCUT2D eigenvalue weighted by Crippen LogP contribution is -2.36. The van der Waals surface area contributed by atoms with Gasteiger partial charge in [0.2, 0.25) is 11.7 Å². The molecule has 1 N–H and O–H groups in total. The summed E-state index contributed by atoms with van der Waals surface area (Å²) in [5.74, 6) is -2.19. The van der Waals surface area contributed by atoms with Crippen LogP contribution < -0.4 is 0 Å². The van der Waals surface area contributed by atoms with Crippen molar-refractivity contribution in [3.8, 4) is 11.6 Å². The van der Waals surface area contributed by atoms with Gasteiger partial charge in [0.15, 0.2) is 5.69 Å². The monoisotopic (exact) mass is 510 g/mol. The number of hydrogen-bond acceptors (Lipinski definition) is 7. The number of amides is 1. The Morgan fingerprint density at radius 2 is 1.94 bits per heavy atom. The van der Waals surface area contributed by atoms with Gasteiger partial charge in [-0.05, 0) is 37.1 Å². The number of carbonyl (C=O) groups is 1. The van der Waals surface area contributed by atoms with Crippen LogP contribution >= 0.6 is 11.3 Å². The van der Waals surface area contributed by atoms with Crippen LogP contribution in [0.5, 0.6) is 0 Å². The number of hydrogen-bond donors (Lipinski definition) is 1. The van der Waals surface area contributed by atoms with E-state index in [2.05, 4.69) is 19.9 Å². The van der Waals surface area contributed by atoms with Crippen molar-refractivity contribution in [2.24, 2.45) is 0 Å². The lowest BCUT2D eigenvalue weighted by atomic mass is 10.1. The van der Waals surface area contributed by atoms with Crippen molar-refractivity contribution in [1.29, 1.82) is 0 Å². The van der Waals surface area contributed by atoms with Crippen LogP contribution in [0.4, 0.5) is 13.2 Å². The SMILES string of the molecule is O=C(c1oc(-c2ccccn2)nc1C(F)(F)F)N1CCCc2[nH]cnc2[C@H]1c1nc2ccccc2s1. The number of aromatic nitrogens is 5. The van der Waals surface area contributed by atoms with Gasteiger partial charge >= 0.3 is 6.18 Å². The molecule has 0 bridgehead atoms. The normalized spacial score (nSPS) is 16.2. The summed E-state index contributed by atoms with van der Waals surface area (Å²) in [7, 11) is 0. The number of thiazole rings is 1. The van der Waals surface area contributed by atoms with E-state index < -0.39 is 29.6 Å². The Bertz CT molecular complexity index is 1530. The van der Waals surface area contributed by atoms with Crippen molar-refractivity contribution in [3.05, 3.63) is 82.8 Å². The summed E-state index contributed by atoms with van der Waals surface area (Å²) < 4.78 is 48.3. The van der Waals surface area contributed by atoms with Gasteiger partial charge in [0.25, 0.3) is 5.91 Å². The summed E-state index contributed by atoms with van der Waals surface area (Å²) in [6, 6.07) is 11.4. The van der Waals surface area contributed by atoms with E-state index in [0.29, 0.717) is 23.5 Å². The number of oxazole rings is 1. The van der Waals surface area contributed by atoms with Crippen molar-refractivity contribution >= 4 is 27.5 Å². The fourth-order valence-electron chi connectivity index (χ4n) is 4.33. The molecule has 0 saturated heterocycles. The van der Waals surface area contributed by atoms with Gasteiger partial charge in [0, 0.05) is 18.4 Å². The number of benzene rings is 1. The molecule has 1 amide bonds. The number of aryl methyl sites for hydroxylation is 1. The van der Waals surface area contributed by atoms with Crippen LogP contribution in [0.25, 0.3) is 21.8 Å². The number of nitrogens with one attached hydrogen (secondary N) is 1. The minimum Gasteiger partial charge on any atom is -0.429 e. The van der Waals surface area contributed by atoms with Gasteiger partial charge in [-0.15, -0.1) is 11.3 Å². The van der Waals surface area contributed by atoms with Gasteiger partial charge in [0.1, 0.15) is 16.7 Å². The van der Waals surface area contributed by atoms with Crippen molar-refractivity contribution in [2.75, 3.05) is 6.54 Å². The first-order chi connectivity index (χ1) is 17.4. The Kier molecular flexibility index (Phi) is 5.32. The zero-order valence-electron chi connectivity index (χ0n) is 18.5. The fraction of sp³-hybridized carbons (Fsp3) is 0.208. The van der Waals surface area contributed by atoms with E-state index in [4.69, 9.17) is 9.40 Å². The van der Waals surface area contributed by atoms with Gasteiger partial charge in [-0.2, -0.15) is 13.2 Å². The third-order valence-electron chi connectivity index (χ3n) is 5.93. The molecule has 0 fully saturated rings. The van der Waals surface area contributed by atoms with E-state index in [-0.39, 0.29) is 18.1 Å². The predicted octanol–water partition coefficient (Wildman–Crippen LogP) is 5.27. The number of imidazole rings is 1. The number of halogens is 3. The van der Waals surface area contributed by atoms with Crippen LogP contribution in [0, 0.1) is 0 Å². The molecular weight excluding hydrogens is 493 g/mol. The summed E-state index contributed by atoms with van der Waals surface area (Å²) >= 11 is 1.37. The second-order valence-electron chi connectivity index (χ2n) is 8.20. The van der Waals surface area contributed by atoms with Crippen LogP contribution in [0.3, 0.4) is 0 Å². The Morgan fingerprint density at radius 3 is 2.72 bits per heavy atom. The highest BCUT2D eigenvalue weighted by atomic mass is 32.1. The lowest BCUT2D eigenvalue weighted by Gasteiger charge is -2.27. The van der Waals surface area contributed by atoms with Gasteiger partial charge in [0.05, 0.1) is 22.2 Å². The Morgan fingerprint density at radius 1 is 1.11 bits per heavy atom. The molecule has 8 nitrogen and oxygen atoms in total. The zero-order valence-corrected chi connectivity index (χ0v) is 19.3. The first-order valence-electron chi connectivity index (χ1n) is 11.1. The molecule has 36 heavy (non-hydrogen) atoms. The van der Waals surface area contributed by atoms with Crippen LogP contribution in [0.1, 0.15) is 45.1 Å². The van der Waals surface area contributed by atoms with Gasteiger partial charge in [-0.25, -0.2) is 15.0 Å². The van der Waals surface area contributed by atoms with Gasteiger partial charge in [-0.1, -0.05) is 18.2 Å². The topological polar surface area (TPSA) is 101 Å². The molecule has 182 valence electrons. The highest BCUT2D eigenvalue weighted by Crippen LogP contribution is 2.40. The average molecular weight is 511 g/mol. The second kappa shape index (κ2) is 8.55. The maximum atomic E-state index is 14.0. The van der Waals surface area contributed by atoms with Crippen molar-refractivity contribution in [1.82, 2.24) is 29.8 Å². The summed E-state index contributed by atoms with van der Waals surface area (Å²) in [5, 5.41) is 0.554. The summed E-state index contributed by atoms with van der Waals surface area (Å²) in [4.78, 5) is 35.0. The molecule has 1 aliphatic rings. The van der Waals surface area contributed by atoms with E-state index in [1.54, 1.807) is 12.1 Å². The molecule has 0 saturated carbocycles. The Hall–Kier alpha value is -4.06. The number of pyridine rings is 1. The molecule has 0 aliphatic carbocycles. The average Bonchev–Trinajstić information content (AvgIpc) is 3.60. The number of alkyl halides is 3. The molecular formula is C24H17F3N6O2S. The number of carbonyl (C=O) groups excluding carboxylic acids is 1. The van der Waals surface area contributed by atoms with E-state index in [9.17, 15) is 18.0 Å². The molecule has 4 aromatic heterocycles. The van der Waals surface area contributed by atoms with Crippen LogP contribution in [0.2, 0.25) is 0 Å². The fourth-order valence-corrected chi connectivity index (χ4v) is 5.42. The molecule has 5 aromatic rings. The molecule has 0 unspecified atom stereocenters. The number of aromatic amines is 1. The van der Waals surface area contributed by atoms with Gasteiger partial charge in [-0.3, -0.25) is 9.78 Å². The summed E-state index contributed by atoms with van der Waals surface area (Å²) in [5.41, 5.74) is 0.813. The Balaban J connectivity index is 1.49. The quantitative estimate of drug-likeness (QED) is 0.355. The van der Waals surface area contributed by atoms with Crippen LogP contribution in [0.15, 0.2) is 59.4 Å². The van der Waals surface area contributed by atoms with Crippen molar-refractivity contribution < 1.29 is 22.4 Å². The van der Waals surface area contributed by atoms with Crippen LogP contribution in [-0.2, 0) is 12.6 Å². The highest BCUT2D eigenvalue weighted by molar-refractivity contribution is 7.18. The number of nitrogens with zero attached hydrogens (tertiary/aromatic N) is 5. The molecule has 1 aromatic carbocycles. The van der Waals surface area contributed by atoms with Crippen LogP contribution in [-0.4, -0.2) is 42.3 Å². The molecule has 0 radical (unpaired) electrons. The Labute approximate surface area is 205 Å². The molecule has 6 rings (SSSR count). The number of fused-ring (bicyclic) bond motifs is 2. The van der Waals surface area contributed by atoms with E-state index in [1.807, 2.05) is 24.3 Å². The first-order valence-corrected chi connectivity index (χ1v) is 11.9. The minimum atomic E-state index is -4.91. The lowest BCUT2D eigenvalue weighted by molar-refractivity contribution is -0.141. The smallest absolute Gasteiger partial charge is 0.429 e. The first kappa shape index (κ1) is 22.4. The second-order valence-corrected chi connectivity index (χ2v) is 9.26. The molecule has 1 aliphatic heterocycles. The maximum Gasteiger partial charge on any atom is 0.437 e. The van der Waals surface area contributed by atoms with Gasteiger partial charge < -0.3 is 14.3 Å². The third kappa shape index (κ3) is 3.83. The number of H-pyrrole nitrogens is 1. The summed E-state index contributed by atoms with van der Waals surface area (Å²) in [6.45, 7) is 0.181. The van der Waals surface area contributed by atoms with Crippen molar-refractivity contribution in [2.45, 2.75) is 25.1 Å². The number of para-hydroxylation sites is 1. The maximum absolute atomic E-state index is 14.0. The summed E-state index contributed by atoms with van der Waals surface area (Å²) in [6.07, 6.45) is -0.873. The zero-order chi connectivity index (χ0) is 24.9. The minimum absolute atomic E-state index is 0.0928. The van der Waals surface area contributed by atoms with Crippen molar-refractivity contribution in [3.63, 3.8) is 0 Å². The molecule has 12 heteroatoms. The molecule has 1 atom stereocenters. The predicted molar refractivity (Wildman–Crippen MR) is 124 cm³/mol. The standard InChI is InChI=1S/C24H17F3N6O2S/c25-24(26,27)20-19(35-21(32-20)15-7-3-4-10-28-15)23(34)33-11-5-8-14-17(30-12-29-14)18(33)22-31-13-6-1-2-9-16(13)36-22/h1-4,6-7,9-10,12,18H,5,8,11H2,(H,29,30)/t18-/m0/s1.